The summed E-state index contributed by atoms with van der Waals surface area (Å²) >= 11 is 0. The van der Waals surface area contributed by atoms with Crippen LogP contribution in [0.5, 0.6) is 11.5 Å². The Bertz CT molecular complexity index is 472. The van der Waals surface area contributed by atoms with Crippen molar-refractivity contribution in [3.8, 4) is 11.5 Å². The number of nitrogens with zero attached hydrogens (tertiary/aromatic N) is 1. The molecule has 1 aliphatic rings. The minimum atomic E-state index is -0.848. The monoisotopic (exact) mass is 280 g/mol. The van der Waals surface area contributed by atoms with E-state index in [4.69, 9.17) is 9.47 Å². The first kappa shape index (κ1) is 14.6. The maximum Gasteiger partial charge on any atom is 0.325 e. The molecular weight excluding hydrogens is 260 g/mol. The first-order valence-electron chi connectivity index (χ1n) is 6.57. The topological polar surface area (TPSA) is 71.0 Å². The highest BCUT2D eigenvalue weighted by Gasteiger charge is 2.29. The lowest BCUT2D eigenvalue weighted by Gasteiger charge is -2.32. The van der Waals surface area contributed by atoms with Gasteiger partial charge in [0, 0.05) is 26.2 Å². The van der Waals surface area contributed by atoms with Gasteiger partial charge < -0.3 is 19.9 Å². The molecule has 1 aromatic carbocycles. The standard InChI is InChI=1S/C14H20N2O4/c1-19-11-4-3-10(9-12(11)20-2)13(14(17)18)16-7-5-15-6-8-16/h3-4,9,13,15H,5-8H2,1-2H3,(H,17,18). The summed E-state index contributed by atoms with van der Waals surface area (Å²) in [6.45, 7) is 3.03. The van der Waals surface area contributed by atoms with Crippen LogP contribution >= 0.6 is 0 Å². The maximum absolute atomic E-state index is 11.6. The zero-order chi connectivity index (χ0) is 14.5. The van der Waals surface area contributed by atoms with Crippen molar-refractivity contribution in [1.29, 1.82) is 0 Å². The Balaban J connectivity index is 2.31. The van der Waals surface area contributed by atoms with Crippen LogP contribution in [-0.4, -0.2) is 56.4 Å². The number of piperazine rings is 1. The number of hydrogen-bond donors (Lipinski definition) is 2. The maximum atomic E-state index is 11.6. The molecule has 1 aliphatic heterocycles. The van der Waals surface area contributed by atoms with E-state index >= 15 is 0 Å². The average molecular weight is 280 g/mol. The Labute approximate surface area is 118 Å². The van der Waals surface area contributed by atoms with Crippen molar-refractivity contribution < 1.29 is 19.4 Å². The first-order valence-corrected chi connectivity index (χ1v) is 6.57. The van der Waals surface area contributed by atoms with Crippen molar-refractivity contribution in [1.82, 2.24) is 10.2 Å². The molecule has 6 nitrogen and oxygen atoms in total. The molecule has 0 amide bonds. The molecule has 0 bridgehead atoms. The third-order valence-corrected chi connectivity index (χ3v) is 3.47. The van der Waals surface area contributed by atoms with E-state index in [1.165, 1.54) is 0 Å². The molecule has 0 spiro atoms. The fourth-order valence-corrected chi connectivity index (χ4v) is 2.47. The number of nitrogens with one attached hydrogen (secondary N) is 1. The summed E-state index contributed by atoms with van der Waals surface area (Å²) in [5.41, 5.74) is 0.706. The van der Waals surface area contributed by atoms with Crippen molar-refractivity contribution >= 4 is 5.97 Å². The Hall–Kier alpha value is -1.79. The summed E-state index contributed by atoms with van der Waals surface area (Å²) in [6, 6.07) is 4.60. The second-order valence-electron chi connectivity index (χ2n) is 4.64. The van der Waals surface area contributed by atoms with Gasteiger partial charge in [-0.2, -0.15) is 0 Å². The summed E-state index contributed by atoms with van der Waals surface area (Å²) in [7, 11) is 3.10. The number of carboxylic acids is 1. The van der Waals surface area contributed by atoms with Crippen molar-refractivity contribution in [2.75, 3.05) is 40.4 Å². The van der Waals surface area contributed by atoms with Crippen LogP contribution in [-0.2, 0) is 4.79 Å². The minimum absolute atomic E-state index is 0.548. The number of hydrogen-bond acceptors (Lipinski definition) is 5. The summed E-state index contributed by atoms with van der Waals surface area (Å²) in [4.78, 5) is 13.6. The number of methoxy groups -OCH3 is 2. The van der Waals surface area contributed by atoms with Crippen LogP contribution in [0.25, 0.3) is 0 Å². The molecule has 1 atom stereocenters. The minimum Gasteiger partial charge on any atom is -0.493 e. The third-order valence-electron chi connectivity index (χ3n) is 3.47. The van der Waals surface area contributed by atoms with E-state index in [0.29, 0.717) is 30.2 Å². The number of aliphatic carboxylic acids is 1. The van der Waals surface area contributed by atoms with Crippen LogP contribution in [0.4, 0.5) is 0 Å². The van der Waals surface area contributed by atoms with E-state index in [2.05, 4.69) is 5.32 Å². The van der Waals surface area contributed by atoms with Crippen molar-refractivity contribution in [2.24, 2.45) is 0 Å². The average Bonchev–Trinajstić information content (AvgIpc) is 2.48. The number of carbonyl (C=O) groups is 1. The molecule has 1 heterocycles. The molecule has 1 saturated heterocycles. The van der Waals surface area contributed by atoms with Crippen LogP contribution < -0.4 is 14.8 Å². The predicted molar refractivity (Wildman–Crippen MR) is 74.4 cm³/mol. The van der Waals surface area contributed by atoms with Crippen LogP contribution in [0.3, 0.4) is 0 Å². The third kappa shape index (κ3) is 3.02. The van der Waals surface area contributed by atoms with E-state index < -0.39 is 12.0 Å². The van der Waals surface area contributed by atoms with Crippen LogP contribution in [0, 0.1) is 0 Å². The second kappa shape index (κ2) is 6.58. The molecule has 0 saturated carbocycles. The molecule has 1 unspecified atom stereocenters. The fraction of sp³-hybridized carbons (Fsp3) is 0.500. The number of ether oxygens (including phenoxy) is 2. The lowest BCUT2D eigenvalue weighted by molar-refractivity contribution is -0.143. The SMILES string of the molecule is COc1ccc(C(C(=O)O)N2CCNCC2)cc1OC. The predicted octanol–water partition coefficient (Wildman–Crippen LogP) is 0.735. The van der Waals surface area contributed by atoms with Gasteiger partial charge in [0.2, 0.25) is 0 Å². The zero-order valence-corrected chi connectivity index (χ0v) is 11.8. The molecule has 1 fully saturated rings. The zero-order valence-electron chi connectivity index (χ0n) is 11.8. The summed E-state index contributed by atoms with van der Waals surface area (Å²) in [5.74, 6) is 0.297. The van der Waals surface area contributed by atoms with E-state index in [-0.39, 0.29) is 0 Å². The van der Waals surface area contributed by atoms with Crippen molar-refractivity contribution in [3.63, 3.8) is 0 Å². The second-order valence-corrected chi connectivity index (χ2v) is 4.64. The first-order chi connectivity index (χ1) is 9.67. The number of carboxylic acid groups (broad SMARTS) is 1. The highest BCUT2D eigenvalue weighted by atomic mass is 16.5. The van der Waals surface area contributed by atoms with Gasteiger partial charge in [0.15, 0.2) is 11.5 Å². The van der Waals surface area contributed by atoms with E-state index in [1.54, 1.807) is 32.4 Å². The normalized spacial score (nSPS) is 17.5. The molecule has 2 N–H and O–H groups in total. The van der Waals surface area contributed by atoms with Gasteiger partial charge in [-0.1, -0.05) is 6.07 Å². The summed E-state index contributed by atoms with van der Waals surface area (Å²) in [6.07, 6.45) is 0. The molecule has 0 radical (unpaired) electrons. The van der Waals surface area contributed by atoms with Gasteiger partial charge in [-0.25, -0.2) is 0 Å². The summed E-state index contributed by atoms with van der Waals surface area (Å²) in [5, 5.41) is 12.8. The molecule has 0 aliphatic carbocycles. The summed E-state index contributed by atoms with van der Waals surface area (Å²) < 4.78 is 10.4. The molecule has 1 aromatic rings. The lowest BCUT2D eigenvalue weighted by Crippen LogP contribution is -2.47. The molecule has 6 heteroatoms. The van der Waals surface area contributed by atoms with Gasteiger partial charge in [-0.15, -0.1) is 0 Å². The molecule has 110 valence electrons. The number of rotatable bonds is 5. The van der Waals surface area contributed by atoms with Gasteiger partial charge in [0.1, 0.15) is 6.04 Å². The highest BCUT2D eigenvalue weighted by Crippen LogP contribution is 2.32. The molecular formula is C14H20N2O4. The quantitative estimate of drug-likeness (QED) is 0.829. The lowest BCUT2D eigenvalue weighted by atomic mass is 10.0. The Kier molecular flexibility index (Phi) is 4.81. The van der Waals surface area contributed by atoms with Crippen molar-refractivity contribution in [2.45, 2.75) is 6.04 Å². The van der Waals surface area contributed by atoms with E-state index in [9.17, 15) is 9.90 Å². The molecule has 2 rings (SSSR count). The van der Waals surface area contributed by atoms with Gasteiger partial charge >= 0.3 is 5.97 Å². The van der Waals surface area contributed by atoms with E-state index in [1.807, 2.05) is 4.90 Å². The smallest absolute Gasteiger partial charge is 0.325 e. The molecule has 20 heavy (non-hydrogen) atoms. The Morgan fingerprint density at radius 2 is 1.90 bits per heavy atom. The van der Waals surface area contributed by atoms with Crippen LogP contribution in [0.15, 0.2) is 18.2 Å². The van der Waals surface area contributed by atoms with Gasteiger partial charge in [0.05, 0.1) is 14.2 Å². The van der Waals surface area contributed by atoms with Crippen LogP contribution in [0.2, 0.25) is 0 Å². The Morgan fingerprint density at radius 3 is 2.45 bits per heavy atom. The van der Waals surface area contributed by atoms with Gasteiger partial charge in [0.25, 0.3) is 0 Å². The molecule has 0 aromatic heterocycles. The fourth-order valence-electron chi connectivity index (χ4n) is 2.47. The Morgan fingerprint density at radius 1 is 1.25 bits per heavy atom. The van der Waals surface area contributed by atoms with Crippen LogP contribution in [0.1, 0.15) is 11.6 Å². The van der Waals surface area contributed by atoms with E-state index in [0.717, 1.165) is 13.1 Å². The largest absolute Gasteiger partial charge is 0.493 e. The van der Waals surface area contributed by atoms with Crippen molar-refractivity contribution in [3.05, 3.63) is 23.8 Å². The highest BCUT2D eigenvalue weighted by molar-refractivity contribution is 5.76. The van der Waals surface area contributed by atoms with Gasteiger partial charge in [-0.3, -0.25) is 9.69 Å². The number of benzene rings is 1. The van der Waals surface area contributed by atoms with Gasteiger partial charge in [-0.05, 0) is 17.7 Å².